The summed E-state index contributed by atoms with van der Waals surface area (Å²) in [4.78, 5) is 14.7. The van der Waals surface area contributed by atoms with Crippen LogP contribution in [0, 0.1) is 19.3 Å². The highest BCUT2D eigenvalue weighted by molar-refractivity contribution is 7.89. The minimum absolute atomic E-state index is 0.0232. The van der Waals surface area contributed by atoms with Crippen molar-refractivity contribution in [1.29, 1.82) is 0 Å². The predicted molar refractivity (Wildman–Crippen MR) is 121 cm³/mol. The van der Waals surface area contributed by atoms with E-state index in [1.54, 1.807) is 33.1 Å². The molecule has 8 nitrogen and oxygen atoms in total. The van der Waals surface area contributed by atoms with E-state index in [1.807, 2.05) is 4.90 Å². The number of methoxy groups -OCH3 is 1. The first kappa shape index (κ1) is 25.0. The summed E-state index contributed by atoms with van der Waals surface area (Å²) in [6.07, 6.45) is 4.20. The fraction of sp³-hybridized carbons (Fsp3) is 0.696. The zero-order valence-corrected chi connectivity index (χ0v) is 20.5. The Morgan fingerprint density at radius 2 is 1.72 bits per heavy atom. The van der Waals surface area contributed by atoms with E-state index in [0.29, 0.717) is 22.3 Å². The monoisotopic (exact) mass is 468 g/mol. The second-order valence-electron chi connectivity index (χ2n) is 8.96. The second-order valence-corrected chi connectivity index (χ2v) is 10.9. The number of aryl methyl sites for hydroxylation is 2. The summed E-state index contributed by atoms with van der Waals surface area (Å²) in [5.74, 6) is 0.600. The molecule has 2 fully saturated rings. The summed E-state index contributed by atoms with van der Waals surface area (Å²) in [5, 5.41) is 0. The summed E-state index contributed by atoms with van der Waals surface area (Å²) in [6, 6.07) is 3.43. The molecule has 0 aromatic heterocycles. The van der Waals surface area contributed by atoms with Crippen LogP contribution in [0.15, 0.2) is 17.0 Å². The predicted octanol–water partition coefficient (Wildman–Crippen LogP) is 2.37. The molecule has 0 saturated carbocycles. The molecule has 0 N–H and O–H groups in total. The molecular weight excluding hydrogens is 432 g/mol. The highest BCUT2D eigenvalue weighted by Crippen LogP contribution is 2.40. The number of likely N-dealkylation sites (N-methyl/N-ethyl adjacent to an activating group) is 1. The molecule has 2 heterocycles. The smallest absolute Gasteiger partial charge is 0.248 e. The molecule has 0 aliphatic carbocycles. The lowest BCUT2D eigenvalue weighted by molar-refractivity contribution is -0.139. The van der Waals surface area contributed by atoms with Gasteiger partial charge in [0.2, 0.25) is 15.9 Å². The first-order valence-electron chi connectivity index (χ1n) is 11.2. The van der Waals surface area contributed by atoms with Gasteiger partial charge in [0.25, 0.3) is 0 Å². The second kappa shape index (κ2) is 10.5. The Morgan fingerprint density at radius 3 is 2.28 bits per heavy atom. The molecule has 1 aromatic carbocycles. The third-order valence-electron chi connectivity index (χ3n) is 6.84. The molecule has 1 spiro atoms. The maximum atomic E-state index is 13.0. The number of carbonyl (C=O) groups excluding carboxylic acids is 1. The van der Waals surface area contributed by atoms with E-state index in [2.05, 4.69) is 0 Å². The largest absolute Gasteiger partial charge is 0.497 e. The summed E-state index contributed by atoms with van der Waals surface area (Å²) in [6.45, 7) is 6.98. The first-order chi connectivity index (χ1) is 15.2. The third kappa shape index (κ3) is 5.62. The summed E-state index contributed by atoms with van der Waals surface area (Å²) in [5.41, 5.74) is 1.61. The number of nitrogens with zero attached hydrogens (tertiary/aromatic N) is 2. The number of hydrogen-bond acceptors (Lipinski definition) is 6. The Kier molecular flexibility index (Phi) is 8.19. The zero-order valence-electron chi connectivity index (χ0n) is 19.7. The number of sulfonamides is 1. The molecule has 0 radical (unpaired) electrons. The first-order valence-corrected chi connectivity index (χ1v) is 12.7. The lowest BCUT2D eigenvalue weighted by Gasteiger charge is -2.44. The van der Waals surface area contributed by atoms with Crippen molar-refractivity contribution in [3.05, 3.63) is 23.3 Å². The maximum absolute atomic E-state index is 13.0. The average molecular weight is 469 g/mol. The van der Waals surface area contributed by atoms with E-state index in [-0.39, 0.29) is 30.6 Å². The Labute approximate surface area is 191 Å². The molecule has 0 bridgehead atoms. The number of likely N-dealkylation sites (tertiary alicyclic amines) is 1. The Balaban J connectivity index is 1.46. The number of hydrogen-bond donors (Lipinski definition) is 0. The number of ether oxygens (including phenoxy) is 3. The Bertz CT molecular complexity index is 878. The van der Waals surface area contributed by atoms with Crippen LogP contribution in [0.2, 0.25) is 0 Å². The van der Waals surface area contributed by atoms with Gasteiger partial charge in [-0.3, -0.25) is 4.79 Å². The van der Waals surface area contributed by atoms with Gasteiger partial charge in [-0.1, -0.05) is 0 Å². The molecule has 0 unspecified atom stereocenters. The van der Waals surface area contributed by atoms with Crippen LogP contribution in [0.5, 0.6) is 5.75 Å². The molecule has 1 aromatic rings. The van der Waals surface area contributed by atoms with Crippen molar-refractivity contribution in [1.82, 2.24) is 9.21 Å². The molecule has 180 valence electrons. The van der Waals surface area contributed by atoms with Gasteiger partial charge in [-0.25, -0.2) is 8.42 Å². The lowest BCUT2D eigenvalue weighted by Crippen LogP contribution is -2.46. The average Bonchev–Trinajstić information content (AvgIpc) is 2.76. The number of carbonyl (C=O) groups is 1. The Morgan fingerprint density at radius 1 is 1.12 bits per heavy atom. The number of amides is 1. The van der Waals surface area contributed by atoms with Gasteiger partial charge >= 0.3 is 0 Å². The van der Waals surface area contributed by atoms with Crippen LogP contribution in [-0.4, -0.2) is 83.7 Å². The minimum atomic E-state index is -3.67. The van der Waals surface area contributed by atoms with Crippen molar-refractivity contribution >= 4 is 15.9 Å². The number of benzene rings is 1. The molecule has 9 heteroatoms. The SMILES string of the molecule is COc1cc(C)c(S(=O)(=O)N(C)CCOCC(=O)N2CCC3(CCOCC3)CC2)c(C)c1. The maximum Gasteiger partial charge on any atom is 0.248 e. The summed E-state index contributed by atoms with van der Waals surface area (Å²) >= 11 is 0. The lowest BCUT2D eigenvalue weighted by atomic mass is 9.72. The molecule has 32 heavy (non-hydrogen) atoms. The van der Waals surface area contributed by atoms with Gasteiger partial charge in [-0.2, -0.15) is 4.31 Å². The highest BCUT2D eigenvalue weighted by Gasteiger charge is 2.37. The van der Waals surface area contributed by atoms with Crippen LogP contribution in [0.4, 0.5) is 0 Å². The quantitative estimate of drug-likeness (QED) is 0.545. The van der Waals surface area contributed by atoms with Gasteiger partial charge in [-0.05, 0) is 68.2 Å². The summed E-state index contributed by atoms with van der Waals surface area (Å²) in [7, 11) is -0.585. The van der Waals surface area contributed by atoms with Gasteiger partial charge in [-0.15, -0.1) is 0 Å². The van der Waals surface area contributed by atoms with Gasteiger partial charge in [0.15, 0.2) is 0 Å². The van der Waals surface area contributed by atoms with Crippen molar-refractivity contribution in [2.45, 2.75) is 44.4 Å². The number of rotatable bonds is 8. The van der Waals surface area contributed by atoms with Crippen molar-refractivity contribution in [3.8, 4) is 5.75 Å². The molecule has 2 aliphatic heterocycles. The van der Waals surface area contributed by atoms with E-state index in [1.165, 1.54) is 11.4 Å². The van der Waals surface area contributed by atoms with Gasteiger partial charge in [0, 0.05) is 39.9 Å². The molecular formula is C23H36N2O6S. The molecule has 2 aliphatic rings. The van der Waals surface area contributed by atoms with Gasteiger partial charge < -0.3 is 19.1 Å². The van der Waals surface area contributed by atoms with Crippen LogP contribution in [0.1, 0.15) is 36.8 Å². The van der Waals surface area contributed by atoms with Crippen LogP contribution >= 0.6 is 0 Å². The van der Waals surface area contributed by atoms with E-state index >= 15 is 0 Å². The molecule has 1 amide bonds. The van der Waals surface area contributed by atoms with Crippen LogP contribution in [-0.2, 0) is 24.3 Å². The van der Waals surface area contributed by atoms with Crippen LogP contribution in [0.3, 0.4) is 0 Å². The third-order valence-corrected chi connectivity index (χ3v) is 9.01. The highest BCUT2D eigenvalue weighted by atomic mass is 32.2. The summed E-state index contributed by atoms with van der Waals surface area (Å²) < 4.78 is 43.6. The van der Waals surface area contributed by atoms with Crippen LogP contribution in [0.25, 0.3) is 0 Å². The van der Waals surface area contributed by atoms with Gasteiger partial charge in [0.1, 0.15) is 12.4 Å². The minimum Gasteiger partial charge on any atom is -0.497 e. The molecule has 2 saturated heterocycles. The van der Waals surface area contributed by atoms with E-state index in [9.17, 15) is 13.2 Å². The van der Waals surface area contributed by atoms with E-state index in [4.69, 9.17) is 14.2 Å². The Hall–Kier alpha value is -1.68. The van der Waals surface area contributed by atoms with E-state index in [0.717, 1.165) is 52.0 Å². The van der Waals surface area contributed by atoms with Crippen molar-refractivity contribution in [3.63, 3.8) is 0 Å². The standard InChI is InChI=1S/C23H36N2O6S/c1-18-15-20(29-4)16-19(2)22(18)32(27,28)24(3)11-14-31-17-21(26)25-9-5-23(6-10-25)7-12-30-13-8-23/h15-16H,5-14,17H2,1-4H3. The van der Waals surface area contributed by atoms with Crippen LogP contribution < -0.4 is 4.74 Å². The normalized spacial score (nSPS) is 18.8. The van der Waals surface area contributed by atoms with Gasteiger partial charge in [0.05, 0.1) is 18.6 Å². The zero-order chi connectivity index (χ0) is 23.4. The van der Waals surface area contributed by atoms with Crippen molar-refractivity contribution < 1.29 is 27.4 Å². The fourth-order valence-corrected chi connectivity index (χ4v) is 6.25. The number of piperidine rings is 1. The van der Waals surface area contributed by atoms with Crippen molar-refractivity contribution in [2.75, 3.05) is 60.2 Å². The molecule has 3 rings (SSSR count). The molecule has 0 atom stereocenters. The fourth-order valence-electron chi connectivity index (χ4n) is 4.69. The van der Waals surface area contributed by atoms with E-state index < -0.39 is 10.0 Å². The van der Waals surface area contributed by atoms with Crippen molar-refractivity contribution in [2.24, 2.45) is 5.41 Å². The topological polar surface area (TPSA) is 85.4 Å².